The number of nitrogens with zero attached hydrogens (tertiary/aromatic N) is 1. The lowest BCUT2D eigenvalue weighted by Crippen LogP contribution is -2.36. The minimum atomic E-state index is -3.88. The summed E-state index contributed by atoms with van der Waals surface area (Å²) in [5.74, 6) is 0.693. The first-order valence-corrected chi connectivity index (χ1v) is 9.54. The van der Waals surface area contributed by atoms with Crippen LogP contribution in [-0.2, 0) is 23.0 Å². The number of ether oxygens (including phenoxy) is 2. The molecule has 138 valence electrons. The second kappa shape index (κ2) is 6.97. The molecule has 0 saturated heterocycles. The lowest BCUT2D eigenvalue weighted by atomic mass is 9.98. The fraction of sp³-hybridized carbons (Fsp3) is 0.278. The van der Waals surface area contributed by atoms with E-state index in [9.17, 15) is 13.2 Å². The molecule has 0 aromatic heterocycles. The lowest BCUT2D eigenvalue weighted by molar-refractivity contribution is 0.0734. The summed E-state index contributed by atoms with van der Waals surface area (Å²) in [5, 5.41) is 5.26. The first kappa shape index (κ1) is 18.2. The van der Waals surface area contributed by atoms with Gasteiger partial charge in [0.25, 0.3) is 5.91 Å². The van der Waals surface area contributed by atoms with E-state index in [4.69, 9.17) is 14.6 Å². The van der Waals surface area contributed by atoms with E-state index in [1.807, 2.05) is 0 Å². The van der Waals surface area contributed by atoms with Gasteiger partial charge in [-0.15, -0.1) is 0 Å². The van der Waals surface area contributed by atoms with Crippen molar-refractivity contribution in [1.82, 2.24) is 4.90 Å². The number of nitrogens with two attached hydrogens (primary N) is 1. The van der Waals surface area contributed by atoms with Crippen LogP contribution in [0.2, 0.25) is 0 Å². The molecule has 0 bridgehead atoms. The molecule has 1 heterocycles. The van der Waals surface area contributed by atoms with Gasteiger partial charge in [-0.25, -0.2) is 13.6 Å². The fourth-order valence-corrected chi connectivity index (χ4v) is 3.79. The molecule has 0 unspecified atom stereocenters. The van der Waals surface area contributed by atoms with Gasteiger partial charge in [0.15, 0.2) is 0 Å². The molecule has 0 atom stereocenters. The SMILES string of the molecule is COc1cccc(C(=O)N2CCc3cc(S(N)(=O)=O)c(OC)cc3C2)c1. The maximum atomic E-state index is 12.8. The standard InChI is InChI=1S/C18H20N2O5S/c1-24-15-5-3-4-13(8-15)18(21)20-7-6-12-10-17(26(19,22)23)16(25-2)9-14(12)11-20/h3-5,8-10H,6-7,11H2,1-2H3,(H2,19,22,23). The van der Waals surface area contributed by atoms with Gasteiger partial charge in [-0.05, 0) is 47.9 Å². The second-order valence-electron chi connectivity index (χ2n) is 6.03. The van der Waals surface area contributed by atoms with Gasteiger partial charge in [-0.1, -0.05) is 6.07 Å². The number of rotatable bonds is 4. The van der Waals surface area contributed by atoms with E-state index >= 15 is 0 Å². The van der Waals surface area contributed by atoms with Crippen LogP contribution in [-0.4, -0.2) is 40.0 Å². The molecule has 2 aromatic carbocycles. The molecule has 0 saturated carbocycles. The molecule has 1 aliphatic heterocycles. The van der Waals surface area contributed by atoms with Crippen LogP contribution >= 0.6 is 0 Å². The number of methoxy groups -OCH3 is 2. The van der Waals surface area contributed by atoms with E-state index in [2.05, 4.69) is 0 Å². The number of fused-ring (bicyclic) bond motifs is 1. The van der Waals surface area contributed by atoms with Gasteiger partial charge >= 0.3 is 0 Å². The number of hydrogen-bond acceptors (Lipinski definition) is 5. The normalized spacial score (nSPS) is 13.9. The van der Waals surface area contributed by atoms with Crippen LogP contribution < -0.4 is 14.6 Å². The highest BCUT2D eigenvalue weighted by atomic mass is 32.2. The van der Waals surface area contributed by atoms with Crippen molar-refractivity contribution in [2.24, 2.45) is 5.14 Å². The quantitative estimate of drug-likeness (QED) is 0.873. The second-order valence-corrected chi connectivity index (χ2v) is 7.56. The summed E-state index contributed by atoms with van der Waals surface area (Å²) in [6.07, 6.45) is 0.539. The Balaban J connectivity index is 1.91. The maximum Gasteiger partial charge on any atom is 0.254 e. The average Bonchev–Trinajstić information content (AvgIpc) is 2.65. The number of sulfonamides is 1. The summed E-state index contributed by atoms with van der Waals surface area (Å²) in [6.45, 7) is 0.853. The smallest absolute Gasteiger partial charge is 0.254 e. The van der Waals surface area contributed by atoms with E-state index < -0.39 is 10.0 Å². The Bertz CT molecular complexity index is 956. The lowest BCUT2D eigenvalue weighted by Gasteiger charge is -2.29. The average molecular weight is 376 g/mol. The zero-order valence-corrected chi connectivity index (χ0v) is 15.4. The number of primary sulfonamides is 1. The van der Waals surface area contributed by atoms with Crippen LogP contribution in [0.25, 0.3) is 0 Å². The first-order valence-electron chi connectivity index (χ1n) is 7.99. The highest BCUT2D eigenvalue weighted by Crippen LogP contribution is 2.31. The largest absolute Gasteiger partial charge is 0.497 e. The summed E-state index contributed by atoms with van der Waals surface area (Å²) >= 11 is 0. The van der Waals surface area contributed by atoms with E-state index in [0.29, 0.717) is 30.8 Å². The van der Waals surface area contributed by atoms with Crippen LogP contribution in [0, 0.1) is 0 Å². The van der Waals surface area contributed by atoms with Gasteiger partial charge in [0, 0.05) is 18.7 Å². The molecule has 8 heteroatoms. The van der Waals surface area contributed by atoms with Gasteiger partial charge < -0.3 is 14.4 Å². The van der Waals surface area contributed by atoms with Crippen molar-refractivity contribution >= 4 is 15.9 Å². The van der Waals surface area contributed by atoms with Crippen LogP contribution in [0.4, 0.5) is 0 Å². The molecule has 3 rings (SSSR count). The van der Waals surface area contributed by atoms with Crippen molar-refractivity contribution in [2.75, 3.05) is 20.8 Å². The highest BCUT2D eigenvalue weighted by Gasteiger charge is 2.25. The molecular weight excluding hydrogens is 356 g/mol. The Labute approximate surface area is 152 Å². The third-order valence-corrected chi connectivity index (χ3v) is 5.34. The zero-order valence-electron chi connectivity index (χ0n) is 14.6. The Morgan fingerprint density at radius 3 is 2.54 bits per heavy atom. The Hall–Kier alpha value is -2.58. The van der Waals surface area contributed by atoms with Crippen LogP contribution in [0.3, 0.4) is 0 Å². The summed E-state index contributed by atoms with van der Waals surface area (Å²) in [5.41, 5.74) is 2.24. The van der Waals surface area contributed by atoms with Crippen molar-refractivity contribution in [3.63, 3.8) is 0 Å². The van der Waals surface area contributed by atoms with Crippen LogP contribution in [0.5, 0.6) is 11.5 Å². The summed E-state index contributed by atoms with van der Waals surface area (Å²) < 4.78 is 33.8. The molecule has 0 radical (unpaired) electrons. The number of carbonyl (C=O) groups excluding carboxylic acids is 1. The predicted molar refractivity (Wildman–Crippen MR) is 95.8 cm³/mol. The monoisotopic (exact) mass is 376 g/mol. The minimum Gasteiger partial charge on any atom is -0.497 e. The molecular formula is C18H20N2O5S. The van der Waals surface area contributed by atoms with E-state index in [1.165, 1.54) is 13.2 Å². The molecule has 7 nitrogen and oxygen atoms in total. The van der Waals surface area contributed by atoms with Gasteiger partial charge in [0.05, 0.1) is 14.2 Å². The van der Waals surface area contributed by atoms with Crippen molar-refractivity contribution < 1.29 is 22.7 Å². The summed E-state index contributed by atoms with van der Waals surface area (Å²) in [6, 6.07) is 10.2. The topological polar surface area (TPSA) is 98.9 Å². The molecule has 1 aliphatic rings. The number of amides is 1. The molecule has 2 aromatic rings. The zero-order chi connectivity index (χ0) is 18.9. The summed E-state index contributed by atoms with van der Waals surface area (Å²) in [4.78, 5) is 14.5. The van der Waals surface area contributed by atoms with Gasteiger partial charge in [0.1, 0.15) is 16.4 Å². The van der Waals surface area contributed by atoms with Gasteiger partial charge in [0.2, 0.25) is 10.0 Å². The van der Waals surface area contributed by atoms with Crippen molar-refractivity contribution in [3.8, 4) is 11.5 Å². The predicted octanol–water partition coefficient (Wildman–Crippen LogP) is 1.55. The molecule has 0 spiro atoms. The molecule has 0 aliphatic carbocycles. The molecule has 2 N–H and O–H groups in total. The van der Waals surface area contributed by atoms with E-state index in [1.54, 1.807) is 42.3 Å². The first-order chi connectivity index (χ1) is 12.3. The summed E-state index contributed by atoms with van der Waals surface area (Å²) in [7, 11) is -0.940. The van der Waals surface area contributed by atoms with Crippen molar-refractivity contribution in [2.45, 2.75) is 17.9 Å². The van der Waals surface area contributed by atoms with Crippen molar-refractivity contribution in [1.29, 1.82) is 0 Å². The highest BCUT2D eigenvalue weighted by molar-refractivity contribution is 7.89. The minimum absolute atomic E-state index is 0.0358. The Kier molecular flexibility index (Phi) is 4.88. The van der Waals surface area contributed by atoms with Gasteiger partial charge in [-0.2, -0.15) is 0 Å². The van der Waals surface area contributed by atoms with Gasteiger partial charge in [-0.3, -0.25) is 4.79 Å². The molecule has 0 fully saturated rings. The molecule has 1 amide bonds. The number of carbonyl (C=O) groups is 1. The van der Waals surface area contributed by atoms with Crippen molar-refractivity contribution in [3.05, 3.63) is 53.1 Å². The van der Waals surface area contributed by atoms with E-state index in [0.717, 1.165) is 11.1 Å². The van der Waals surface area contributed by atoms with E-state index in [-0.39, 0.29) is 16.6 Å². The fourth-order valence-electron chi connectivity index (χ4n) is 3.06. The third kappa shape index (κ3) is 3.51. The van der Waals surface area contributed by atoms with Crippen LogP contribution in [0.15, 0.2) is 41.3 Å². The number of hydrogen-bond donors (Lipinski definition) is 1. The number of benzene rings is 2. The Morgan fingerprint density at radius 2 is 1.88 bits per heavy atom. The molecule has 26 heavy (non-hydrogen) atoms. The van der Waals surface area contributed by atoms with Crippen LogP contribution in [0.1, 0.15) is 21.5 Å². The maximum absolute atomic E-state index is 12.8. The Morgan fingerprint density at radius 1 is 1.12 bits per heavy atom. The third-order valence-electron chi connectivity index (χ3n) is 4.41.